The fourth-order valence-corrected chi connectivity index (χ4v) is 2.66. The molecular weight excluding hydrogens is 328 g/mol. The van der Waals surface area contributed by atoms with Crippen molar-refractivity contribution in [2.24, 2.45) is 0 Å². The summed E-state index contributed by atoms with van der Waals surface area (Å²) in [5.74, 6) is 1.45. The van der Waals surface area contributed by atoms with Crippen LogP contribution in [0.2, 0.25) is 0 Å². The summed E-state index contributed by atoms with van der Waals surface area (Å²) in [6, 6.07) is 15.8. The Morgan fingerprint density at radius 1 is 1.08 bits per heavy atom. The zero-order valence-corrected chi connectivity index (χ0v) is 15.8. The van der Waals surface area contributed by atoms with Crippen molar-refractivity contribution in [2.75, 3.05) is 40.4 Å². The lowest BCUT2D eigenvalue weighted by Gasteiger charge is -2.17. The minimum atomic E-state index is 0.0263. The van der Waals surface area contributed by atoms with Gasteiger partial charge in [-0.25, -0.2) is 0 Å². The number of amides is 1. The summed E-state index contributed by atoms with van der Waals surface area (Å²) in [5, 5.41) is 2.97. The van der Waals surface area contributed by atoms with Gasteiger partial charge in [0, 0.05) is 13.1 Å². The molecule has 0 fully saturated rings. The SMILES string of the molecule is COc1ccccc1OCCN(C)CC(=O)NCCc1ccccc1C. The number of methoxy groups -OCH3 is 1. The first-order chi connectivity index (χ1) is 12.6. The molecule has 26 heavy (non-hydrogen) atoms. The number of aryl methyl sites for hydroxylation is 1. The van der Waals surface area contributed by atoms with Gasteiger partial charge in [0.1, 0.15) is 6.61 Å². The average Bonchev–Trinajstić information content (AvgIpc) is 2.63. The van der Waals surface area contributed by atoms with Gasteiger partial charge in [-0.15, -0.1) is 0 Å². The Labute approximate surface area is 155 Å². The minimum Gasteiger partial charge on any atom is -0.493 e. The molecule has 5 nitrogen and oxygen atoms in total. The van der Waals surface area contributed by atoms with Crippen LogP contribution < -0.4 is 14.8 Å². The molecule has 0 bridgehead atoms. The Morgan fingerprint density at radius 3 is 2.50 bits per heavy atom. The molecular formula is C21H28N2O3. The lowest BCUT2D eigenvalue weighted by atomic mass is 10.1. The molecule has 2 rings (SSSR count). The van der Waals surface area contributed by atoms with Crippen LogP contribution in [0.4, 0.5) is 0 Å². The van der Waals surface area contributed by atoms with Crippen molar-refractivity contribution in [3.63, 3.8) is 0 Å². The second-order valence-corrected chi connectivity index (χ2v) is 6.26. The zero-order chi connectivity index (χ0) is 18.8. The van der Waals surface area contributed by atoms with Gasteiger partial charge in [-0.1, -0.05) is 36.4 Å². The van der Waals surface area contributed by atoms with E-state index in [-0.39, 0.29) is 5.91 Å². The van der Waals surface area contributed by atoms with Crippen molar-refractivity contribution in [1.29, 1.82) is 0 Å². The highest BCUT2D eigenvalue weighted by atomic mass is 16.5. The number of hydrogen-bond donors (Lipinski definition) is 1. The summed E-state index contributed by atoms with van der Waals surface area (Å²) in [5.41, 5.74) is 2.53. The van der Waals surface area contributed by atoms with Gasteiger partial charge in [-0.2, -0.15) is 0 Å². The first kappa shape index (κ1) is 19.8. The average molecular weight is 356 g/mol. The fourth-order valence-electron chi connectivity index (χ4n) is 2.66. The maximum atomic E-state index is 12.0. The van der Waals surface area contributed by atoms with E-state index in [0.29, 0.717) is 37.7 Å². The molecule has 0 heterocycles. The molecule has 0 saturated carbocycles. The highest BCUT2D eigenvalue weighted by Crippen LogP contribution is 2.25. The molecule has 0 radical (unpaired) electrons. The van der Waals surface area contributed by atoms with Gasteiger partial charge in [-0.3, -0.25) is 9.69 Å². The van der Waals surface area contributed by atoms with Crippen LogP contribution in [0.15, 0.2) is 48.5 Å². The van der Waals surface area contributed by atoms with Gasteiger partial charge >= 0.3 is 0 Å². The lowest BCUT2D eigenvalue weighted by molar-refractivity contribution is -0.121. The number of hydrogen-bond acceptors (Lipinski definition) is 4. The van der Waals surface area contributed by atoms with Crippen LogP contribution in [0, 0.1) is 6.92 Å². The lowest BCUT2D eigenvalue weighted by Crippen LogP contribution is -2.37. The van der Waals surface area contributed by atoms with Gasteiger partial charge in [-0.05, 0) is 43.7 Å². The standard InChI is InChI=1S/C21H28N2O3/c1-17-8-4-5-9-18(17)12-13-22-21(24)16-23(2)14-15-26-20-11-7-6-10-19(20)25-3/h4-11H,12-16H2,1-3H3,(H,22,24). The van der Waals surface area contributed by atoms with E-state index in [0.717, 1.165) is 6.42 Å². The number of nitrogens with one attached hydrogen (secondary N) is 1. The van der Waals surface area contributed by atoms with E-state index in [4.69, 9.17) is 9.47 Å². The maximum Gasteiger partial charge on any atom is 0.234 e. The van der Waals surface area contributed by atoms with Gasteiger partial charge in [0.25, 0.3) is 0 Å². The number of rotatable bonds is 10. The molecule has 0 aromatic heterocycles. The highest BCUT2D eigenvalue weighted by molar-refractivity contribution is 5.77. The fraction of sp³-hybridized carbons (Fsp3) is 0.381. The van der Waals surface area contributed by atoms with E-state index in [1.807, 2.05) is 48.3 Å². The van der Waals surface area contributed by atoms with Crippen molar-refractivity contribution in [2.45, 2.75) is 13.3 Å². The van der Waals surface area contributed by atoms with Crippen molar-refractivity contribution in [1.82, 2.24) is 10.2 Å². The third-order valence-electron chi connectivity index (χ3n) is 4.19. The molecule has 0 aliphatic heterocycles. The van der Waals surface area contributed by atoms with Gasteiger partial charge in [0.15, 0.2) is 11.5 Å². The van der Waals surface area contributed by atoms with Gasteiger partial charge in [0.05, 0.1) is 13.7 Å². The van der Waals surface area contributed by atoms with E-state index < -0.39 is 0 Å². The maximum absolute atomic E-state index is 12.0. The molecule has 0 aliphatic carbocycles. The normalized spacial score (nSPS) is 10.6. The summed E-state index contributed by atoms with van der Waals surface area (Å²) < 4.78 is 11.0. The number of benzene rings is 2. The second-order valence-electron chi connectivity index (χ2n) is 6.26. The summed E-state index contributed by atoms with van der Waals surface area (Å²) in [6.45, 7) is 4.24. The largest absolute Gasteiger partial charge is 0.493 e. The third kappa shape index (κ3) is 6.41. The van der Waals surface area contributed by atoms with Crippen LogP contribution in [0.25, 0.3) is 0 Å². The van der Waals surface area contributed by atoms with E-state index in [2.05, 4.69) is 24.4 Å². The van der Waals surface area contributed by atoms with Crippen molar-refractivity contribution in [3.8, 4) is 11.5 Å². The quantitative estimate of drug-likeness (QED) is 0.711. The monoisotopic (exact) mass is 356 g/mol. The smallest absolute Gasteiger partial charge is 0.234 e. The van der Waals surface area contributed by atoms with E-state index >= 15 is 0 Å². The second kappa shape index (κ2) is 10.5. The Bertz CT molecular complexity index is 703. The molecule has 0 atom stereocenters. The minimum absolute atomic E-state index is 0.0263. The number of ether oxygens (including phenoxy) is 2. The van der Waals surface area contributed by atoms with Crippen LogP contribution in [0.5, 0.6) is 11.5 Å². The van der Waals surface area contributed by atoms with Crippen LogP contribution in [-0.4, -0.2) is 51.2 Å². The number of carbonyl (C=O) groups excluding carboxylic acids is 1. The predicted molar refractivity (Wildman–Crippen MR) is 104 cm³/mol. The van der Waals surface area contributed by atoms with Crippen LogP contribution in [0.3, 0.4) is 0 Å². The topological polar surface area (TPSA) is 50.8 Å². The molecule has 1 amide bonds. The Kier molecular flexibility index (Phi) is 7.96. The highest BCUT2D eigenvalue weighted by Gasteiger charge is 2.08. The van der Waals surface area contributed by atoms with Crippen LogP contribution in [0.1, 0.15) is 11.1 Å². The predicted octanol–water partition coefficient (Wildman–Crippen LogP) is 2.67. The van der Waals surface area contributed by atoms with Crippen molar-refractivity contribution in [3.05, 3.63) is 59.7 Å². The van der Waals surface area contributed by atoms with Crippen LogP contribution >= 0.6 is 0 Å². The molecule has 0 saturated heterocycles. The Morgan fingerprint density at radius 2 is 1.77 bits per heavy atom. The number of carbonyl (C=O) groups is 1. The van der Waals surface area contributed by atoms with Gasteiger partial charge < -0.3 is 14.8 Å². The van der Waals surface area contributed by atoms with Crippen LogP contribution in [-0.2, 0) is 11.2 Å². The Hall–Kier alpha value is -2.53. The van der Waals surface area contributed by atoms with Crippen molar-refractivity contribution >= 4 is 5.91 Å². The Balaban J connectivity index is 1.65. The van der Waals surface area contributed by atoms with E-state index in [9.17, 15) is 4.79 Å². The third-order valence-corrected chi connectivity index (χ3v) is 4.19. The molecule has 0 spiro atoms. The summed E-state index contributed by atoms with van der Waals surface area (Å²) >= 11 is 0. The molecule has 140 valence electrons. The zero-order valence-electron chi connectivity index (χ0n) is 15.8. The summed E-state index contributed by atoms with van der Waals surface area (Å²) in [4.78, 5) is 14.0. The first-order valence-electron chi connectivity index (χ1n) is 8.85. The number of para-hydroxylation sites is 2. The van der Waals surface area contributed by atoms with Gasteiger partial charge in [0.2, 0.25) is 5.91 Å². The molecule has 1 N–H and O–H groups in total. The van der Waals surface area contributed by atoms with Crippen molar-refractivity contribution < 1.29 is 14.3 Å². The summed E-state index contributed by atoms with van der Waals surface area (Å²) in [7, 11) is 3.53. The number of likely N-dealkylation sites (N-methyl/N-ethyl adjacent to an activating group) is 1. The molecule has 5 heteroatoms. The molecule has 2 aromatic rings. The number of nitrogens with zero attached hydrogens (tertiary/aromatic N) is 1. The molecule has 0 unspecified atom stereocenters. The van der Waals surface area contributed by atoms with E-state index in [1.165, 1.54) is 11.1 Å². The molecule has 2 aromatic carbocycles. The molecule has 0 aliphatic rings. The van der Waals surface area contributed by atoms with E-state index in [1.54, 1.807) is 7.11 Å². The summed E-state index contributed by atoms with van der Waals surface area (Å²) in [6.07, 6.45) is 0.846. The first-order valence-corrected chi connectivity index (χ1v) is 8.85.